The Hall–Kier alpha value is -1.53. The molecule has 1 aliphatic rings. The van der Waals surface area contributed by atoms with Crippen LogP contribution in [0.5, 0.6) is 0 Å². The highest BCUT2D eigenvalue weighted by Gasteiger charge is 2.18. The molecule has 1 saturated heterocycles. The van der Waals surface area contributed by atoms with Crippen LogP contribution < -0.4 is 5.32 Å². The van der Waals surface area contributed by atoms with Gasteiger partial charge in [-0.2, -0.15) is 0 Å². The predicted molar refractivity (Wildman–Crippen MR) is 98.5 cm³/mol. The fourth-order valence-corrected chi connectivity index (χ4v) is 3.18. The van der Waals surface area contributed by atoms with Crippen molar-refractivity contribution in [3.05, 3.63) is 46.6 Å². The molecule has 1 aliphatic heterocycles. The Morgan fingerprint density at radius 1 is 1.20 bits per heavy atom. The van der Waals surface area contributed by atoms with E-state index in [1.54, 1.807) is 0 Å². The van der Waals surface area contributed by atoms with E-state index >= 15 is 0 Å². The number of unbranched alkanes of at least 4 members (excludes halogenated alkanes) is 1. The number of halogens is 1. The van der Waals surface area contributed by atoms with Crippen LogP contribution in [0, 0.1) is 0 Å². The average molecular weight is 362 g/mol. The Morgan fingerprint density at radius 3 is 2.76 bits per heavy atom. The first kappa shape index (κ1) is 18.3. The maximum Gasteiger partial charge on any atom is 0.156 e. The fourth-order valence-electron chi connectivity index (χ4n) is 2.96. The topological polar surface area (TPSA) is 56.3 Å². The highest BCUT2D eigenvalue weighted by Crippen LogP contribution is 2.28. The number of nitrogens with zero attached hydrogens (tertiary/aromatic N) is 2. The maximum atomic E-state index is 6.39. The summed E-state index contributed by atoms with van der Waals surface area (Å²) in [7, 11) is 0. The van der Waals surface area contributed by atoms with Crippen LogP contribution in [0.3, 0.4) is 0 Å². The minimum atomic E-state index is 0.0984. The smallest absolute Gasteiger partial charge is 0.156 e. The van der Waals surface area contributed by atoms with Gasteiger partial charge in [-0.3, -0.25) is 0 Å². The van der Waals surface area contributed by atoms with Crippen molar-refractivity contribution in [2.24, 2.45) is 0 Å². The lowest BCUT2D eigenvalue weighted by atomic mass is 9.97. The Kier molecular flexibility index (Phi) is 6.76. The third kappa shape index (κ3) is 4.76. The number of ether oxygens (including phenoxy) is 2. The standard InChI is InChI=1S/C19H24ClN3O2/c1-2-3-9-16-17(11-21-10-15-12-24-13-25-15)19(20)23-22-18(16)14-7-5-4-6-8-14/h4-8,15,21H,2-3,9-13H2,1H3. The van der Waals surface area contributed by atoms with Gasteiger partial charge in [0.15, 0.2) is 5.15 Å². The molecule has 2 aromatic rings. The number of benzene rings is 1. The molecule has 134 valence electrons. The first-order valence-corrected chi connectivity index (χ1v) is 9.16. The van der Waals surface area contributed by atoms with E-state index in [0.717, 1.165) is 42.6 Å². The first-order chi connectivity index (χ1) is 12.3. The van der Waals surface area contributed by atoms with Crippen molar-refractivity contribution in [1.29, 1.82) is 0 Å². The van der Waals surface area contributed by atoms with Crippen molar-refractivity contribution in [1.82, 2.24) is 15.5 Å². The van der Waals surface area contributed by atoms with Crippen LogP contribution in [0.25, 0.3) is 11.3 Å². The molecule has 6 heteroatoms. The number of hydrogen-bond acceptors (Lipinski definition) is 5. The summed E-state index contributed by atoms with van der Waals surface area (Å²) >= 11 is 6.39. The first-order valence-electron chi connectivity index (χ1n) is 8.79. The van der Waals surface area contributed by atoms with Crippen molar-refractivity contribution in [2.45, 2.75) is 38.8 Å². The summed E-state index contributed by atoms with van der Waals surface area (Å²) in [6.07, 6.45) is 3.25. The summed E-state index contributed by atoms with van der Waals surface area (Å²) in [4.78, 5) is 0. The molecule has 0 bridgehead atoms. The Balaban J connectivity index is 1.83. The van der Waals surface area contributed by atoms with Gasteiger partial charge in [0.2, 0.25) is 0 Å². The highest BCUT2D eigenvalue weighted by molar-refractivity contribution is 6.30. The lowest BCUT2D eigenvalue weighted by Gasteiger charge is -2.16. The normalized spacial score (nSPS) is 17.1. The quantitative estimate of drug-likeness (QED) is 0.778. The van der Waals surface area contributed by atoms with Crippen molar-refractivity contribution in [3.8, 4) is 11.3 Å². The molecule has 25 heavy (non-hydrogen) atoms. The zero-order valence-corrected chi connectivity index (χ0v) is 15.3. The molecule has 1 N–H and O–H groups in total. The molecule has 0 saturated carbocycles. The molecule has 0 amide bonds. The van der Waals surface area contributed by atoms with Gasteiger partial charge in [0, 0.05) is 24.2 Å². The summed E-state index contributed by atoms with van der Waals surface area (Å²) in [5.74, 6) is 0. The molecule has 1 unspecified atom stereocenters. The van der Waals surface area contributed by atoms with Gasteiger partial charge < -0.3 is 14.8 Å². The second-order valence-corrected chi connectivity index (χ2v) is 6.53. The third-order valence-corrected chi connectivity index (χ3v) is 4.63. The second kappa shape index (κ2) is 9.25. The Bertz CT molecular complexity index is 676. The summed E-state index contributed by atoms with van der Waals surface area (Å²) in [5, 5.41) is 12.5. The van der Waals surface area contributed by atoms with Crippen LogP contribution in [0.1, 0.15) is 30.9 Å². The van der Waals surface area contributed by atoms with Gasteiger partial charge in [0.1, 0.15) is 6.79 Å². The molecular formula is C19H24ClN3O2. The average Bonchev–Trinajstić information content (AvgIpc) is 3.16. The van der Waals surface area contributed by atoms with Gasteiger partial charge in [-0.15, -0.1) is 10.2 Å². The SMILES string of the molecule is CCCCc1c(-c2ccccc2)nnc(Cl)c1CNCC1COCO1. The molecule has 0 aliphatic carbocycles. The van der Waals surface area contributed by atoms with Crippen molar-refractivity contribution in [3.63, 3.8) is 0 Å². The second-order valence-electron chi connectivity index (χ2n) is 6.17. The molecule has 1 aromatic heterocycles. The van der Waals surface area contributed by atoms with Crippen LogP contribution in [-0.4, -0.2) is 36.2 Å². The molecule has 0 spiro atoms. The molecule has 3 rings (SSSR count). The predicted octanol–water partition coefficient (Wildman–Crippen LogP) is 3.60. The zero-order chi connectivity index (χ0) is 17.5. The molecule has 0 radical (unpaired) electrons. The molecule has 1 atom stereocenters. The van der Waals surface area contributed by atoms with Crippen LogP contribution in [-0.2, 0) is 22.4 Å². The highest BCUT2D eigenvalue weighted by atomic mass is 35.5. The summed E-state index contributed by atoms with van der Waals surface area (Å²) in [6, 6.07) is 10.2. The monoisotopic (exact) mass is 361 g/mol. The summed E-state index contributed by atoms with van der Waals surface area (Å²) < 4.78 is 10.7. The van der Waals surface area contributed by atoms with Crippen molar-refractivity contribution in [2.75, 3.05) is 19.9 Å². The van der Waals surface area contributed by atoms with E-state index in [4.69, 9.17) is 21.1 Å². The van der Waals surface area contributed by atoms with Gasteiger partial charge in [0.05, 0.1) is 18.4 Å². The molecule has 1 aromatic carbocycles. The number of aromatic nitrogens is 2. The number of rotatable bonds is 8. The zero-order valence-electron chi connectivity index (χ0n) is 14.5. The maximum absolute atomic E-state index is 6.39. The molecular weight excluding hydrogens is 338 g/mol. The number of hydrogen-bond donors (Lipinski definition) is 1. The lowest BCUT2D eigenvalue weighted by molar-refractivity contribution is 0.0468. The van der Waals surface area contributed by atoms with Gasteiger partial charge in [-0.25, -0.2) is 0 Å². The van der Waals surface area contributed by atoms with E-state index in [1.807, 2.05) is 18.2 Å². The van der Waals surface area contributed by atoms with Gasteiger partial charge in [0.25, 0.3) is 0 Å². The lowest BCUT2D eigenvalue weighted by Crippen LogP contribution is -2.28. The Labute approximate surface area is 153 Å². The van der Waals surface area contributed by atoms with Crippen molar-refractivity contribution < 1.29 is 9.47 Å². The molecule has 2 heterocycles. The minimum Gasteiger partial charge on any atom is -0.353 e. The minimum absolute atomic E-state index is 0.0984. The van der Waals surface area contributed by atoms with E-state index in [-0.39, 0.29) is 6.10 Å². The van der Waals surface area contributed by atoms with E-state index < -0.39 is 0 Å². The van der Waals surface area contributed by atoms with Crippen molar-refractivity contribution >= 4 is 11.6 Å². The van der Waals surface area contributed by atoms with E-state index in [2.05, 4.69) is 34.6 Å². The van der Waals surface area contributed by atoms with Crippen LogP contribution in [0.2, 0.25) is 5.15 Å². The third-order valence-electron chi connectivity index (χ3n) is 4.33. The fraction of sp³-hybridized carbons (Fsp3) is 0.474. The van der Waals surface area contributed by atoms with Gasteiger partial charge in [-0.1, -0.05) is 55.3 Å². The van der Waals surface area contributed by atoms with E-state index in [0.29, 0.717) is 25.1 Å². The summed E-state index contributed by atoms with van der Waals surface area (Å²) in [5.41, 5.74) is 4.22. The van der Waals surface area contributed by atoms with Crippen LogP contribution >= 0.6 is 11.6 Å². The molecule has 1 fully saturated rings. The van der Waals surface area contributed by atoms with E-state index in [1.165, 1.54) is 5.56 Å². The Morgan fingerprint density at radius 2 is 2.04 bits per heavy atom. The summed E-state index contributed by atoms with van der Waals surface area (Å²) in [6.45, 7) is 4.57. The van der Waals surface area contributed by atoms with Crippen LogP contribution in [0.15, 0.2) is 30.3 Å². The van der Waals surface area contributed by atoms with E-state index in [9.17, 15) is 0 Å². The van der Waals surface area contributed by atoms with Gasteiger partial charge in [-0.05, 0) is 18.4 Å². The van der Waals surface area contributed by atoms with Crippen LogP contribution in [0.4, 0.5) is 0 Å². The number of nitrogens with one attached hydrogen (secondary N) is 1. The largest absolute Gasteiger partial charge is 0.353 e. The molecule has 5 nitrogen and oxygen atoms in total. The van der Waals surface area contributed by atoms with Gasteiger partial charge >= 0.3 is 0 Å².